The molecule has 8 heteroatoms. The molecule has 3 aromatic rings. The van der Waals surface area contributed by atoms with Crippen LogP contribution in [0, 0.1) is 0 Å². The van der Waals surface area contributed by atoms with E-state index in [1.165, 1.54) is 11.6 Å². The Balaban J connectivity index is 1.74. The Morgan fingerprint density at radius 1 is 0.943 bits per heavy atom. The molecular weight excluding hydrogens is 446 g/mol. The molecule has 0 aliphatic rings. The monoisotopic (exact) mass is 473 g/mol. The van der Waals surface area contributed by atoms with Crippen LogP contribution < -0.4 is 15.5 Å². The SMILES string of the molecule is COc1ccccc1CCN(Cc1ccc(/C=C/C(=O)NO)cc1)C(=O)NC(=O)c1ccccc1. The summed E-state index contributed by atoms with van der Waals surface area (Å²) in [6.45, 7) is 0.622. The number of nitrogens with one attached hydrogen (secondary N) is 2. The Labute approximate surface area is 203 Å². The summed E-state index contributed by atoms with van der Waals surface area (Å²) >= 11 is 0. The summed E-state index contributed by atoms with van der Waals surface area (Å²) in [5.41, 5.74) is 4.48. The molecule has 0 unspecified atom stereocenters. The first-order chi connectivity index (χ1) is 17.0. The number of methoxy groups -OCH3 is 1. The minimum absolute atomic E-state index is 0.268. The molecule has 3 N–H and O–H groups in total. The predicted molar refractivity (Wildman–Crippen MR) is 132 cm³/mol. The molecule has 4 amide bonds. The van der Waals surface area contributed by atoms with Crippen LogP contribution in [0.4, 0.5) is 4.79 Å². The summed E-state index contributed by atoms with van der Waals surface area (Å²) < 4.78 is 5.42. The van der Waals surface area contributed by atoms with Crippen LogP contribution in [0.15, 0.2) is 84.9 Å². The number of hydroxylamine groups is 1. The van der Waals surface area contributed by atoms with Crippen molar-refractivity contribution in [1.29, 1.82) is 0 Å². The third-order valence-corrected chi connectivity index (χ3v) is 5.28. The number of rotatable bonds is 9. The molecule has 0 heterocycles. The fourth-order valence-electron chi connectivity index (χ4n) is 3.42. The number of amides is 4. The van der Waals surface area contributed by atoms with Gasteiger partial charge in [0.2, 0.25) is 0 Å². The van der Waals surface area contributed by atoms with Crippen LogP contribution in [0.2, 0.25) is 0 Å². The lowest BCUT2D eigenvalue weighted by Crippen LogP contribution is -2.43. The Morgan fingerprint density at radius 3 is 2.31 bits per heavy atom. The minimum Gasteiger partial charge on any atom is -0.496 e. The highest BCUT2D eigenvalue weighted by Crippen LogP contribution is 2.19. The van der Waals surface area contributed by atoms with Crippen LogP contribution in [0.1, 0.15) is 27.0 Å². The first kappa shape index (κ1) is 25.2. The molecule has 0 aromatic heterocycles. The summed E-state index contributed by atoms with van der Waals surface area (Å²) in [5, 5.41) is 11.1. The molecule has 3 aromatic carbocycles. The topological polar surface area (TPSA) is 108 Å². The molecule has 0 fully saturated rings. The van der Waals surface area contributed by atoms with E-state index in [1.54, 1.807) is 60.6 Å². The van der Waals surface area contributed by atoms with Crippen molar-refractivity contribution in [2.24, 2.45) is 0 Å². The highest BCUT2D eigenvalue weighted by atomic mass is 16.5. The number of carbonyl (C=O) groups excluding carboxylic acids is 3. The maximum atomic E-state index is 13.1. The van der Waals surface area contributed by atoms with Gasteiger partial charge in [-0.25, -0.2) is 10.3 Å². The smallest absolute Gasteiger partial charge is 0.324 e. The Bertz CT molecular complexity index is 1180. The Morgan fingerprint density at radius 2 is 1.63 bits per heavy atom. The van der Waals surface area contributed by atoms with E-state index in [0.717, 1.165) is 22.4 Å². The van der Waals surface area contributed by atoms with E-state index in [4.69, 9.17) is 9.94 Å². The second-order valence-electron chi connectivity index (χ2n) is 7.66. The van der Waals surface area contributed by atoms with E-state index in [2.05, 4.69) is 5.32 Å². The fraction of sp³-hybridized carbons (Fsp3) is 0.148. The van der Waals surface area contributed by atoms with Gasteiger partial charge in [-0.3, -0.25) is 20.1 Å². The van der Waals surface area contributed by atoms with Crippen molar-refractivity contribution in [2.75, 3.05) is 13.7 Å². The lowest BCUT2D eigenvalue weighted by Gasteiger charge is -2.23. The molecule has 0 saturated carbocycles. The van der Waals surface area contributed by atoms with Crippen molar-refractivity contribution in [3.05, 3.63) is 107 Å². The number of benzene rings is 3. The second kappa shape index (κ2) is 12.7. The van der Waals surface area contributed by atoms with Crippen molar-refractivity contribution in [2.45, 2.75) is 13.0 Å². The van der Waals surface area contributed by atoms with Crippen LogP contribution in [0.5, 0.6) is 5.75 Å². The van der Waals surface area contributed by atoms with E-state index >= 15 is 0 Å². The number of hydrogen-bond donors (Lipinski definition) is 3. The van der Waals surface area contributed by atoms with Crippen LogP contribution in [-0.2, 0) is 17.8 Å². The van der Waals surface area contributed by atoms with E-state index in [-0.39, 0.29) is 6.54 Å². The molecule has 0 atom stereocenters. The van der Waals surface area contributed by atoms with Crippen molar-refractivity contribution < 1.29 is 24.3 Å². The van der Waals surface area contributed by atoms with Gasteiger partial charge in [-0.05, 0) is 47.4 Å². The van der Waals surface area contributed by atoms with Crippen molar-refractivity contribution in [1.82, 2.24) is 15.7 Å². The van der Waals surface area contributed by atoms with E-state index < -0.39 is 17.8 Å². The number of hydrogen-bond acceptors (Lipinski definition) is 5. The zero-order chi connectivity index (χ0) is 25.0. The van der Waals surface area contributed by atoms with Gasteiger partial charge in [0.25, 0.3) is 11.8 Å². The fourth-order valence-corrected chi connectivity index (χ4v) is 3.42. The molecule has 180 valence electrons. The Kier molecular flexibility index (Phi) is 9.15. The van der Waals surface area contributed by atoms with Gasteiger partial charge >= 0.3 is 6.03 Å². The van der Waals surface area contributed by atoms with Gasteiger partial charge in [0.05, 0.1) is 7.11 Å². The third-order valence-electron chi connectivity index (χ3n) is 5.28. The molecule has 35 heavy (non-hydrogen) atoms. The van der Waals surface area contributed by atoms with Crippen LogP contribution in [0.3, 0.4) is 0 Å². The van der Waals surface area contributed by atoms with Gasteiger partial charge in [-0.15, -0.1) is 0 Å². The Hall–Kier alpha value is -4.43. The van der Waals surface area contributed by atoms with E-state index in [9.17, 15) is 14.4 Å². The molecule has 0 radical (unpaired) electrons. The summed E-state index contributed by atoms with van der Waals surface area (Å²) in [6.07, 6.45) is 3.30. The van der Waals surface area contributed by atoms with Gasteiger partial charge in [0.15, 0.2) is 0 Å². The molecule has 8 nitrogen and oxygen atoms in total. The highest BCUT2D eigenvalue weighted by Gasteiger charge is 2.18. The summed E-state index contributed by atoms with van der Waals surface area (Å²) in [7, 11) is 1.60. The summed E-state index contributed by atoms with van der Waals surface area (Å²) in [4.78, 5) is 38.3. The van der Waals surface area contributed by atoms with Gasteiger partial charge < -0.3 is 9.64 Å². The second-order valence-corrected chi connectivity index (χ2v) is 7.66. The lowest BCUT2D eigenvalue weighted by atomic mass is 10.1. The van der Waals surface area contributed by atoms with Gasteiger partial charge in [0.1, 0.15) is 5.75 Å². The van der Waals surface area contributed by atoms with Crippen LogP contribution in [0.25, 0.3) is 6.08 Å². The quantitative estimate of drug-likeness (QED) is 0.249. The first-order valence-electron chi connectivity index (χ1n) is 11.0. The highest BCUT2D eigenvalue weighted by molar-refractivity contribution is 6.04. The van der Waals surface area contributed by atoms with Crippen molar-refractivity contribution in [3.8, 4) is 5.75 Å². The van der Waals surface area contributed by atoms with E-state index in [0.29, 0.717) is 18.5 Å². The number of imide groups is 1. The maximum absolute atomic E-state index is 13.1. The minimum atomic E-state index is -0.628. The predicted octanol–water partition coefficient (Wildman–Crippen LogP) is 3.81. The number of carbonyl (C=O) groups is 3. The van der Waals surface area contributed by atoms with Gasteiger partial charge in [-0.2, -0.15) is 0 Å². The van der Waals surface area contributed by atoms with Crippen LogP contribution >= 0.6 is 0 Å². The first-order valence-corrected chi connectivity index (χ1v) is 11.0. The molecule has 0 saturated heterocycles. The zero-order valence-electron chi connectivity index (χ0n) is 19.3. The molecule has 0 aliphatic carbocycles. The number of nitrogens with zero attached hydrogens (tertiary/aromatic N) is 1. The largest absolute Gasteiger partial charge is 0.496 e. The molecule has 0 bridgehead atoms. The molecular formula is C27H27N3O5. The summed E-state index contributed by atoms with van der Waals surface area (Å²) in [6, 6.07) is 22.9. The average molecular weight is 474 g/mol. The number of para-hydroxylation sites is 1. The lowest BCUT2D eigenvalue weighted by molar-refractivity contribution is -0.124. The van der Waals surface area contributed by atoms with E-state index in [1.807, 2.05) is 36.4 Å². The normalized spacial score (nSPS) is 10.6. The number of ether oxygens (including phenoxy) is 1. The maximum Gasteiger partial charge on any atom is 0.324 e. The molecule has 0 aliphatic heterocycles. The zero-order valence-corrected chi connectivity index (χ0v) is 19.3. The summed E-state index contributed by atoms with van der Waals surface area (Å²) in [5.74, 6) is -0.367. The number of urea groups is 1. The van der Waals surface area contributed by atoms with Gasteiger partial charge in [-0.1, -0.05) is 60.7 Å². The average Bonchev–Trinajstić information content (AvgIpc) is 2.90. The van der Waals surface area contributed by atoms with Crippen molar-refractivity contribution in [3.63, 3.8) is 0 Å². The third kappa shape index (κ3) is 7.55. The molecule has 3 rings (SSSR count). The standard InChI is InChI=1S/C27H27N3O5/c1-35-24-10-6-5-7-22(24)17-18-30(27(33)28-26(32)23-8-3-2-4-9-23)19-21-13-11-20(12-14-21)15-16-25(31)29-34/h2-16,34H,17-19H2,1H3,(H,29,31)(H,28,32,33)/b16-15+. The van der Waals surface area contributed by atoms with Gasteiger partial charge in [0, 0.05) is 24.7 Å². The van der Waals surface area contributed by atoms with Crippen LogP contribution in [-0.4, -0.2) is 41.6 Å². The molecule has 0 spiro atoms. The van der Waals surface area contributed by atoms with Crippen molar-refractivity contribution >= 4 is 23.9 Å².